The quantitative estimate of drug-likeness (QED) is 0.529. The number of para-hydroxylation sites is 1. The fraction of sp³-hybridized carbons (Fsp3) is 0.211. The van der Waals surface area contributed by atoms with Crippen LogP contribution in [0.15, 0.2) is 55.1 Å². The summed E-state index contributed by atoms with van der Waals surface area (Å²) in [6.45, 7) is 4.76. The van der Waals surface area contributed by atoms with Crippen molar-refractivity contribution < 1.29 is 0 Å². The molecule has 26 heavy (non-hydrogen) atoms. The largest absolute Gasteiger partial charge is 0.364 e. The Morgan fingerprint density at radius 2 is 1.85 bits per heavy atom. The maximum absolute atomic E-state index is 6.14. The van der Waals surface area contributed by atoms with Crippen LogP contribution < -0.4 is 5.32 Å². The molecule has 0 radical (unpaired) electrons. The number of benzene rings is 1. The molecule has 3 heterocycles. The third-order valence-electron chi connectivity index (χ3n) is 4.27. The molecule has 6 nitrogen and oxygen atoms in total. The highest BCUT2D eigenvalue weighted by molar-refractivity contribution is 6.28. The van der Waals surface area contributed by atoms with E-state index in [1.165, 1.54) is 0 Å². The second kappa shape index (κ2) is 6.80. The summed E-state index contributed by atoms with van der Waals surface area (Å²) in [4.78, 5) is 13.2. The number of anilines is 1. The second-order valence-corrected chi connectivity index (χ2v) is 6.67. The van der Waals surface area contributed by atoms with Crippen LogP contribution in [0.25, 0.3) is 16.9 Å². The lowest BCUT2D eigenvalue weighted by Crippen LogP contribution is -2.07. The van der Waals surface area contributed by atoms with Crippen molar-refractivity contribution in [3.63, 3.8) is 0 Å². The van der Waals surface area contributed by atoms with Gasteiger partial charge in [-0.15, -0.1) is 0 Å². The first kappa shape index (κ1) is 16.6. The van der Waals surface area contributed by atoms with Crippen LogP contribution >= 0.6 is 11.6 Å². The van der Waals surface area contributed by atoms with E-state index in [1.807, 2.05) is 41.2 Å². The summed E-state index contributed by atoms with van der Waals surface area (Å²) >= 11 is 6.14. The average molecular weight is 367 g/mol. The van der Waals surface area contributed by atoms with Crippen molar-refractivity contribution in [2.75, 3.05) is 5.32 Å². The Bertz CT molecular complexity index is 1040. The van der Waals surface area contributed by atoms with Crippen molar-refractivity contribution in [3.8, 4) is 5.69 Å². The predicted molar refractivity (Wildman–Crippen MR) is 104 cm³/mol. The molecule has 0 aliphatic rings. The highest BCUT2D eigenvalue weighted by Crippen LogP contribution is 2.24. The highest BCUT2D eigenvalue weighted by Gasteiger charge is 2.14. The maximum Gasteiger partial charge on any atom is 0.226 e. The molecule has 0 atom stereocenters. The Morgan fingerprint density at radius 3 is 2.62 bits per heavy atom. The SMILES string of the molecule is CC(C)n1cnc2c(NCc3ccccc3-n3cccc3)nc(Cl)nc21. The van der Waals surface area contributed by atoms with Crippen molar-refractivity contribution >= 4 is 28.6 Å². The van der Waals surface area contributed by atoms with Crippen molar-refractivity contribution in [2.24, 2.45) is 0 Å². The van der Waals surface area contributed by atoms with E-state index in [-0.39, 0.29) is 11.3 Å². The molecule has 0 aliphatic heterocycles. The first-order valence-electron chi connectivity index (χ1n) is 8.48. The van der Waals surface area contributed by atoms with Gasteiger partial charge in [0.1, 0.15) is 0 Å². The van der Waals surface area contributed by atoms with Gasteiger partial charge in [-0.25, -0.2) is 4.98 Å². The van der Waals surface area contributed by atoms with E-state index in [4.69, 9.17) is 11.6 Å². The van der Waals surface area contributed by atoms with Gasteiger partial charge in [0, 0.05) is 30.7 Å². The molecular weight excluding hydrogens is 348 g/mol. The number of fused-ring (bicyclic) bond motifs is 1. The summed E-state index contributed by atoms with van der Waals surface area (Å²) in [6.07, 6.45) is 5.84. The van der Waals surface area contributed by atoms with Crippen molar-refractivity contribution in [3.05, 3.63) is 66.0 Å². The summed E-state index contributed by atoms with van der Waals surface area (Å²) in [5, 5.41) is 3.58. The second-order valence-electron chi connectivity index (χ2n) is 6.33. The fourth-order valence-corrected chi connectivity index (χ4v) is 3.14. The van der Waals surface area contributed by atoms with Gasteiger partial charge in [-0.1, -0.05) is 18.2 Å². The Kier molecular flexibility index (Phi) is 4.34. The molecule has 0 saturated carbocycles. The van der Waals surface area contributed by atoms with Crippen LogP contribution in [-0.2, 0) is 6.54 Å². The number of nitrogens with one attached hydrogen (secondary N) is 1. The molecule has 7 heteroatoms. The van der Waals surface area contributed by atoms with Crippen LogP contribution in [0.5, 0.6) is 0 Å². The molecule has 132 valence electrons. The van der Waals surface area contributed by atoms with E-state index >= 15 is 0 Å². The molecule has 4 aromatic rings. The third-order valence-corrected chi connectivity index (χ3v) is 4.44. The summed E-state index contributed by atoms with van der Waals surface area (Å²) in [6, 6.07) is 12.5. The van der Waals surface area contributed by atoms with Gasteiger partial charge >= 0.3 is 0 Å². The number of hydrogen-bond donors (Lipinski definition) is 1. The van der Waals surface area contributed by atoms with Crippen LogP contribution in [-0.4, -0.2) is 24.1 Å². The van der Waals surface area contributed by atoms with Gasteiger partial charge in [-0.05, 0) is 49.2 Å². The number of halogens is 1. The molecule has 1 N–H and O–H groups in total. The number of hydrogen-bond acceptors (Lipinski definition) is 4. The van der Waals surface area contributed by atoms with Crippen LogP contribution in [0.2, 0.25) is 5.28 Å². The van der Waals surface area contributed by atoms with E-state index in [0.717, 1.165) is 22.4 Å². The number of aromatic nitrogens is 5. The average Bonchev–Trinajstić information content (AvgIpc) is 3.29. The van der Waals surface area contributed by atoms with Crippen LogP contribution in [0.4, 0.5) is 5.82 Å². The summed E-state index contributed by atoms with van der Waals surface area (Å²) < 4.78 is 4.08. The molecule has 0 amide bonds. The number of imidazole rings is 1. The van der Waals surface area contributed by atoms with E-state index in [1.54, 1.807) is 6.33 Å². The first-order chi connectivity index (χ1) is 12.6. The highest BCUT2D eigenvalue weighted by atomic mass is 35.5. The van der Waals surface area contributed by atoms with Gasteiger partial charge in [-0.3, -0.25) is 0 Å². The summed E-state index contributed by atoms with van der Waals surface area (Å²) in [7, 11) is 0. The number of rotatable bonds is 5. The lowest BCUT2D eigenvalue weighted by Gasteiger charge is -2.13. The molecular formula is C19H19ClN6. The molecule has 0 spiro atoms. The molecule has 0 aliphatic carbocycles. The van der Waals surface area contributed by atoms with E-state index in [0.29, 0.717) is 12.4 Å². The third kappa shape index (κ3) is 3.04. The monoisotopic (exact) mass is 366 g/mol. The molecule has 1 aromatic carbocycles. The van der Waals surface area contributed by atoms with Crippen molar-refractivity contribution in [1.29, 1.82) is 0 Å². The molecule has 4 rings (SSSR count). The molecule has 0 fully saturated rings. The lowest BCUT2D eigenvalue weighted by atomic mass is 10.1. The normalized spacial score (nSPS) is 11.4. The first-order valence-corrected chi connectivity index (χ1v) is 8.86. The Hall–Kier alpha value is -2.86. The zero-order valence-electron chi connectivity index (χ0n) is 14.6. The zero-order chi connectivity index (χ0) is 18.1. The maximum atomic E-state index is 6.14. The molecule has 3 aromatic heterocycles. The standard InChI is InChI=1S/C19H19ClN6/c1-13(2)26-12-22-16-17(23-19(20)24-18(16)26)21-11-14-7-3-4-8-15(14)25-9-5-6-10-25/h3-10,12-13H,11H2,1-2H3,(H,21,23,24). The summed E-state index contributed by atoms with van der Waals surface area (Å²) in [5.74, 6) is 0.640. The van der Waals surface area contributed by atoms with Crippen LogP contribution in [0.1, 0.15) is 25.5 Å². The topological polar surface area (TPSA) is 60.6 Å². The molecule has 0 saturated heterocycles. The predicted octanol–water partition coefficient (Wildman–Crippen LogP) is 4.46. The van der Waals surface area contributed by atoms with Gasteiger partial charge in [0.05, 0.1) is 6.33 Å². The minimum Gasteiger partial charge on any atom is -0.364 e. The van der Waals surface area contributed by atoms with Gasteiger partial charge in [0.15, 0.2) is 17.0 Å². The molecule has 0 bridgehead atoms. The Labute approximate surface area is 156 Å². The van der Waals surface area contributed by atoms with Crippen molar-refractivity contribution in [2.45, 2.75) is 26.4 Å². The van der Waals surface area contributed by atoms with Gasteiger partial charge in [0.2, 0.25) is 5.28 Å². The Balaban J connectivity index is 1.68. The van der Waals surface area contributed by atoms with Crippen LogP contribution in [0, 0.1) is 0 Å². The smallest absolute Gasteiger partial charge is 0.226 e. The lowest BCUT2D eigenvalue weighted by molar-refractivity contribution is 0.612. The summed E-state index contributed by atoms with van der Waals surface area (Å²) in [5.41, 5.74) is 3.73. The number of nitrogens with zero attached hydrogens (tertiary/aromatic N) is 5. The zero-order valence-corrected chi connectivity index (χ0v) is 15.4. The van der Waals surface area contributed by atoms with Gasteiger partial charge < -0.3 is 14.5 Å². The van der Waals surface area contributed by atoms with Gasteiger partial charge in [-0.2, -0.15) is 9.97 Å². The minimum absolute atomic E-state index is 0.209. The van der Waals surface area contributed by atoms with E-state index < -0.39 is 0 Å². The van der Waals surface area contributed by atoms with E-state index in [2.05, 4.69) is 50.8 Å². The molecule has 0 unspecified atom stereocenters. The fourth-order valence-electron chi connectivity index (χ4n) is 2.98. The Morgan fingerprint density at radius 1 is 1.08 bits per heavy atom. The minimum atomic E-state index is 0.209. The van der Waals surface area contributed by atoms with Crippen molar-refractivity contribution in [1.82, 2.24) is 24.1 Å². The van der Waals surface area contributed by atoms with Crippen LogP contribution in [0.3, 0.4) is 0 Å². The van der Waals surface area contributed by atoms with Gasteiger partial charge in [0.25, 0.3) is 0 Å². The van der Waals surface area contributed by atoms with E-state index in [9.17, 15) is 0 Å².